The topological polar surface area (TPSA) is 0 Å². The molecule has 106 valence electrons. The molecule has 0 aromatic carbocycles. The smallest absolute Gasteiger partial charge is 0.0351 e. The van der Waals surface area contributed by atoms with Crippen LogP contribution in [0.5, 0.6) is 0 Å². The lowest BCUT2D eigenvalue weighted by Crippen LogP contribution is -2.09. The van der Waals surface area contributed by atoms with Crippen molar-refractivity contribution in [3.63, 3.8) is 0 Å². The third-order valence-electron chi connectivity index (χ3n) is 4.04. The van der Waals surface area contributed by atoms with E-state index in [0.717, 1.165) is 11.2 Å². The molecule has 1 saturated carbocycles. The first-order valence-corrected chi connectivity index (χ1v) is 10.1. The molecule has 1 aliphatic carbocycles. The normalized spacial score (nSPS) is 17.6. The van der Waals surface area contributed by atoms with Gasteiger partial charge in [-0.05, 0) is 47.7 Å². The van der Waals surface area contributed by atoms with Crippen molar-refractivity contribution in [2.24, 2.45) is 5.92 Å². The highest BCUT2D eigenvalue weighted by Crippen LogP contribution is 2.34. The minimum Gasteiger partial charge on any atom is -0.144 e. The molecule has 0 amide bonds. The Morgan fingerprint density at radius 2 is 2.10 bits per heavy atom. The van der Waals surface area contributed by atoms with E-state index in [1.807, 2.05) is 22.7 Å². The van der Waals surface area contributed by atoms with E-state index >= 15 is 0 Å². The van der Waals surface area contributed by atoms with E-state index in [9.17, 15) is 0 Å². The fourth-order valence-corrected chi connectivity index (χ4v) is 5.20. The first-order chi connectivity index (χ1) is 9.86. The predicted molar refractivity (Wildman–Crippen MR) is 96.0 cm³/mol. The van der Waals surface area contributed by atoms with Crippen molar-refractivity contribution >= 4 is 44.7 Å². The monoisotopic (exact) mass is 366 g/mol. The van der Waals surface area contributed by atoms with Crippen molar-refractivity contribution < 1.29 is 0 Å². The van der Waals surface area contributed by atoms with Crippen LogP contribution in [-0.4, -0.2) is 5.33 Å². The predicted octanol–water partition coefficient (Wildman–Crippen LogP) is 6.84. The molecule has 3 rings (SSSR count). The molecule has 0 spiro atoms. The minimum absolute atomic E-state index is 0.801. The van der Waals surface area contributed by atoms with Crippen molar-refractivity contribution in [3.8, 4) is 10.4 Å². The average Bonchev–Trinajstić information content (AvgIpc) is 3.16. The van der Waals surface area contributed by atoms with Gasteiger partial charge in [-0.3, -0.25) is 0 Å². The summed E-state index contributed by atoms with van der Waals surface area (Å²) in [6.45, 7) is 0. The standard InChI is InChI=1S/C17H19BrS2/c18-11-14(13-5-2-1-3-6-13)9-16-10-15(12-20-16)17-7-4-8-19-17/h4,7-10,12-13H,1-3,5-6,11H2/b14-9-. The molecule has 2 aromatic rings. The van der Waals surface area contributed by atoms with E-state index < -0.39 is 0 Å². The number of alkyl halides is 1. The highest BCUT2D eigenvalue weighted by Gasteiger charge is 2.17. The van der Waals surface area contributed by atoms with Crippen molar-refractivity contribution in [2.45, 2.75) is 32.1 Å². The van der Waals surface area contributed by atoms with Crippen LogP contribution in [0.1, 0.15) is 37.0 Å². The lowest BCUT2D eigenvalue weighted by atomic mass is 9.84. The molecule has 2 heterocycles. The Kier molecular flexibility index (Phi) is 5.14. The summed E-state index contributed by atoms with van der Waals surface area (Å²) in [5.74, 6) is 0.801. The van der Waals surface area contributed by atoms with Gasteiger partial charge in [0.05, 0.1) is 0 Å². The third-order valence-corrected chi connectivity index (χ3v) is 6.48. The van der Waals surface area contributed by atoms with Gasteiger partial charge in [0.15, 0.2) is 0 Å². The Hall–Kier alpha value is -0.380. The Morgan fingerprint density at radius 3 is 2.80 bits per heavy atom. The van der Waals surface area contributed by atoms with E-state index in [2.05, 4.69) is 51.0 Å². The molecule has 3 heteroatoms. The molecule has 0 atom stereocenters. The zero-order valence-electron chi connectivity index (χ0n) is 11.5. The maximum atomic E-state index is 3.69. The van der Waals surface area contributed by atoms with Gasteiger partial charge in [-0.25, -0.2) is 0 Å². The van der Waals surface area contributed by atoms with Gasteiger partial charge in [-0.2, -0.15) is 0 Å². The molecule has 0 saturated heterocycles. The second kappa shape index (κ2) is 7.06. The van der Waals surface area contributed by atoms with Crippen LogP contribution in [-0.2, 0) is 0 Å². The summed E-state index contributed by atoms with van der Waals surface area (Å²) in [6.07, 6.45) is 9.40. The lowest BCUT2D eigenvalue weighted by Gasteiger charge is -2.23. The summed E-state index contributed by atoms with van der Waals surface area (Å²) in [5.41, 5.74) is 2.96. The Bertz CT molecular complexity index is 560. The number of allylic oxidation sites excluding steroid dienone is 1. The van der Waals surface area contributed by atoms with Gasteiger partial charge in [0.1, 0.15) is 0 Å². The zero-order valence-corrected chi connectivity index (χ0v) is 14.7. The Morgan fingerprint density at radius 1 is 1.25 bits per heavy atom. The summed E-state index contributed by atoms with van der Waals surface area (Å²) in [7, 11) is 0. The first kappa shape index (κ1) is 14.6. The van der Waals surface area contributed by atoms with Crippen LogP contribution in [0, 0.1) is 5.92 Å². The van der Waals surface area contributed by atoms with E-state index in [4.69, 9.17) is 0 Å². The molecular formula is C17H19BrS2. The molecule has 2 aromatic heterocycles. The molecule has 0 radical (unpaired) electrons. The molecule has 0 bridgehead atoms. The quantitative estimate of drug-likeness (QED) is 0.519. The lowest BCUT2D eigenvalue weighted by molar-refractivity contribution is 0.406. The molecule has 1 fully saturated rings. The maximum absolute atomic E-state index is 3.69. The van der Waals surface area contributed by atoms with Crippen LogP contribution in [0.4, 0.5) is 0 Å². The first-order valence-electron chi connectivity index (χ1n) is 7.25. The van der Waals surface area contributed by atoms with Gasteiger partial charge in [0.25, 0.3) is 0 Å². The van der Waals surface area contributed by atoms with Gasteiger partial charge in [-0.1, -0.05) is 46.8 Å². The van der Waals surface area contributed by atoms with Crippen LogP contribution in [0.3, 0.4) is 0 Å². The average molecular weight is 367 g/mol. The van der Waals surface area contributed by atoms with E-state index in [-0.39, 0.29) is 0 Å². The SMILES string of the molecule is BrC/C(=C/c1cc(-c2cccs2)cs1)C1CCCCC1. The molecule has 20 heavy (non-hydrogen) atoms. The second-order valence-corrected chi connectivity index (χ2v) is 7.85. The summed E-state index contributed by atoms with van der Waals surface area (Å²) < 4.78 is 0. The highest BCUT2D eigenvalue weighted by molar-refractivity contribution is 9.09. The van der Waals surface area contributed by atoms with Gasteiger partial charge in [-0.15, -0.1) is 22.7 Å². The molecule has 1 aliphatic rings. The van der Waals surface area contributed by atoms with Crippen LogP contribution < -0.4 is 0 Å². The van der Waals surface area contributed by atoms with Gasteiger partial charge < -0.3 is 0 Å². The number of halogens is 1. The summed E-state index contributed by atoms with van der Waals surface area (Å²) >= 11 is 7.38. The molecule has 0 aliphatic heterocycles. The Labute approximate surface area is 137 Å². The molecular weight excluding hydrogens is 348 g/mol. The fraction of sp³-hybridized carbons (Fsp3) is 0.412. The zero-order chi connectivity index (χ0) is 13.8. The van der Waals surface area contributed by atoms with Crippen LogP contribution in [0.2, 0.25) is 0 Å². The van der Waals surface area contributed by atoms with Crippen LogP contribution in [0.15, 0.2) is 34.5 Å². The number of hydrogen-bond donors (Lipinski definition) is 0. The highest BCUT2D eigenvalue weighted by atomic mass is 79.9. The van der Waals surface area contributed by atoms with Gasteiger partial charge >= 0.3 is 0 Å². The number of rotatable bonds is 4. The fourth-order valence-electron chi connectivity index (χ4n) is 2.92. The second-order valence-electron chi connectivity index (χ2n) is 5.40. The van der Waals surface area contributed by atoms with E-state index in [1.165, 1.54) is 47.4 Å². The van der Waals surface area contributed by atoms with Crippen molar-refractivity contribution in [2.75, 3.05) is 5.33 Å². The van der Waals surface area contributed by atoms with Crippen molar-refractivity contribution in [3.05, 3.63) is 39.4 Å². The minimum atomic E-state index is 0.801. The van der Waals surface area contributed by atoms with Crippen LogP contribution in [0.25, 0.3) is 16.5 Å². The third kappa shape index (κ3) is 3.44. The number of hydrogen-bond acceptors (Lipinski definition) is 2. The molecule has 0 unspecified atom stereocenters. The van der Waals surface area contributed by atoms with E-state index in [0.29, 0.717) is 0 Å². The number of thiophene rings is 2. The Balaban J connectivity index is 1.79. The molecule has 0 nitrogen and oxygen atoms in total. The summed E-state index contributed by atoms with van der Waals surface area (Å²) in [4.78, 5) is 2.77. The largest absolute Gasteiger partial charge is 0.144 e. The summed E-state index contributed by atoms with van der Waals surface area (Å²) in [6, 6.07) is 6.66. The van der Waals surface area contributed by atoms with Crippen molar-refractivity contribution in [1.29, 1.82) is 0 Å². The molecule has 0 N–H and O–H groups in total. The summed E-state index contributed by atoms with van der Waals surface area (Å²) in [5, 5.41) is 5.45. The van der Waals surface area contributed by atoms with E-state index in [1.54, 1.807) is 5.57 Å². The van der Waals surface area contributed by atoms with Gasteiger partial charge in [0.2, 0.25) is 0 Å². The van der Waals surface area contributed by atoms with Crippen molar-refractivity contribution in [1.82, 2.24) is 0 Å². The van der Waals surface area contributed by atoms with Crippen LogP contribution >= 0.6 is 38.6 Å². The maximum Gasteiger partial charge on any atom is 0.0351 e. The van der Waals surface area contributed by atoms with Gasteiger partial charge in [0, 0.05) is 20.6 Å².